The molecule has 3 N–H and O–H groups in total. The number of aryl methyl sites for hydroxylation is 1. The fourth-order valence-electron chi connectivity index (χ4n) is 1.75. The predicted octanol–water partition coefficient (Wildman–Crippen LogP) is 1.51. The summed E-state index contributed by atoms with van der Waals surface area (Å²) in [5.41, 5.74) is 8.48. The molecular formula is C12H21N3O2S. The number of hydrogen-bond donors (Lipinski definition) is 2. The van der Waals surface area contributed by atoms with E-state index >= 15 is 0 Å². The highest BCUT2D eigenvalue weighted by molar-refractivity contribution is 7.88. The molecule has 0 bridgehead atoms. The number of nitrogens with zero attached hydrogens (tertiary/aromatic N) is 1. The van der Waals surface area contributed by atoms with Gasteiger partial charge in [-0.1, -0.05) is 13.3 Å². The number of nitrogens with one attached hydrogen (secondary N) is 1. The van der Waals surface area contributed by atoms with Crippen molar-refractivity contribution in [2.45, 2.75) is 26.7 Å². The fraction of sp³-hybridized carbons (Fsp3) is 0.500. The molecule has 1 aromatic carbocycles. The molecule has 1 rings (SSSR count). The molecule has 0 aromatic heterocycles. The third kappa shape index (κ3) is 4.19. The van der Waals surface area contributed by atoms with Crippen LogP contribution in [0.3, 0.4) is 0 Å². The molecule has 0 fully saturated rings. The molecule has 0 spiro atoms. The van der Waals surface area contributed by atoms with Gasteiger partial charge < -0.3 is 5.73 Å². The zero-order valence-corrected chi connectivity index (χ0v) is 11.9. The van der Waals surface area contributed by atoms with E-state index in [0.29, 0.717) is 6.54 Å². The van der Waals surface area contributed by atoms with E-state index in [4.69, 9.17) is 5.73 Å². The monoisotopic (exact) mass is 271 g/mol. The Bertz CT molecular complexity index is 500. The molecule has 18 heavy (non-hydrogen) atoms. The van der Waals surface area contributed by atoms with Crippen molar-refractivity contribution >= 4 is 21.4 Å². The summed E-state index contributed by atoms with van der Waals surface area (Å²) in [6.45, 7) is 4.51. The van der Waals surface area contributed by atoms with Crippen LogP contribution in [0.15, 0.2) is 18.2 Å². The van der Waals surface area contributed by atoms with Gasteiger partial charge in [0.2, 0.25) is 10.0 Å². The van der Waals surface area contributed by atoms with E-state index in [1.54, 1.807) is 5.01 Å². The lowest BCUT2D eigenvalue weighted by Crippen LogP contribution is -2.41. The van der Waals surface area contributed by atoms with Crippen molar-refractivity contribution in [1.82, 2.24) is 4.83 Å². The Balaban J connectivity index is 3.03. The Labute approximate surface area is 109 Å². The SMILES string of the molecule is CCCc1cc(N(CC)NS(C)(=O)=O)ccc1N. The molecule has 0 heterocycles. The Morgan fingerprint density at radius 1 is 1.33 bits per heavy atom. The molecular weight excluding hydrogens is 250 g/mol. The minimum atomic E-state index is -3.27. The van der Waals surface area contributed by atoms with Gasteiger partial charge in [-0.3, -0.25) is 5.01 Å². The largest absolute Gasteiger partial charge is 0.399 e. The Hall–Kier alpha value is -1.27. The van der Waals surface area contributed by atoms with Crippen LogP contribution in [0.4, 0.5) is 11.4 Å². The quantitative estimate of drug-likeness (QED) is 0.607. The van der Waals surface area contributed by atoms with Gasteiger partial charge in [0.15, 0.2) is 0 Å². The van der Waals surface area contributed by atoms with E-state index in [2.05, 4.69) is 11.8 Å². The number of nitrogens with two attached hydrogens (primary N) is 1. The van der Waals surface area contributed by atoms with Crippen LogP contribution in [-0.2, 0) is 16.4 Å². The Morgan fingerprint density at radius 3 is 2.50 bits per heavy atom. The van der Waals surface area contributed by atoms with E-state index in [1.807, 2.05) is 25.1 Å². The molecule has 102 valence electrons. The Morgan fingerprint density at radius 2 is 2.00 bits per heavy atom. The minimum absolute atomic E-state index is 0.544. The van der Waals surface area contributed by atoms with Crippen molar-refractivity contribution in [3.63, 3.8) is 0 Å². The molecule has 6 heteroatoms. The first-order valence-electron chi connectivity index (χ1n) is 6.00. The van der Waals surface area contributed by atoms with Crippen LogP contribution in [0.1, 0.15) is 25.8 Å². The van der Waals surface area contributed by atoms with E-state index in [0.717, 1.165) is 36.0 Å². The lowest BCUT2D eigenvalue weighted by molar-refractivity contribution is 0.583. The van der Waals surface area contributed by atoms with Gasteiger partial charge >= 0.3 is 0 Å². The van der Waals surface area contributed by atoms with E-state index in [9.17, 15) is 8.42 Å². The zero-order valence-electron chi connectivity index (χ0n) is 11.1. The molecule has 0 aliphatic rings. The highest BCUT2D eigenvalue weighted by Crippen LogP contribution is 2.21. The molecule has 0 saturated carbocycles. The van der Waals surface area contributed by atoms with Gasteiger partial charge in [0, 0.05) is 12.2 Å². The van der Waals surface area contributed by atoms with Crippen molar-refractivity contribution in [1.29, 1.82) is 0 Å². The second kappa shape index (κ2) is 6.06. The minimum Gasteiger partial charge on any atom is -0.399 e. The number of benzene rings is 1. The summed E-state index contributed by atoms with van der Waals surface area (Å²) in [4.78, 5) is 2.48. The summed E-state index contributed by atoms with van der Waals surface area (Å²) in [5.74, 6) is 0. The number of nitrogen functional groups attached to an aromatic ring is 1. The summed E-state index contributed by atoms with van der Waals surface area (Å²) >= 11 is 0. The summed E-state index contributed by atoms with van der Waals surface area (Å²) in [5, 5.41) is 1.59. The lowest BCUT2D eigenvalue weighted by Gasteiger charge is -2.23. The van der Waals surface area contributed by atoms with Gasteiger partial charge in [-0.15, -0.1) is 4.83 Å². The summed E-state index contributed by atoms with van der Waals surface area (Å²) in [7, 11) is -3.27. The van der Waals surface area contributed by atoms with Gasteiger partial charge in [-0.25, -0.2) is 8.42 Å². The van der Waals surface area contributed by atoms with Crippen LogP contribution in [-0.4, -0.2) is 21.2 Å². The van der Waals surface area contributed by atoms with Crippen LogP contribution in [0.25, 0.3) is 0 Å². The maximum absolute atomic E-state index is 11.3. The van der Waals surface area contributed by atoms with Gasteiger partial charge in [0.1, 0.15) is 0 Å². The second-order valence-corrected chi connectivity index (χ2v) is 5.97. The molecule has 0 radical (unpaired) electrons. The van der Waals surface area contributed by atoms with E-state index in [1.165, 1.54) is 0 Å². The van der Waals surface area contributed by atoms with Crippen LogP contribution < -0.4 is 15.6 Å². The lowest BCUT2D eigenvalue weighted by atomic mass is 10.1. The maximum Gasteiger partial charge on any atom is 0.225 e. The number of anilines is 2. The van der Waals surface area contributed by atoms with Gasteiger partial charge in [-0.05, 0) is 37.1 Å². The summed E-state index contributed by atoms with van der Waals surface area (Å²) < 4.78 is 22.5. The molecule has 5 nitrogen and oxygen atoms in total. The van der Waals surface area contributed by atoms with Crippen molar-refractivity contribution in [2.24, 2.45) is 0 Å². The predicted molar refractivity (Wildman–Crippen MR) is 75.8 cm³/mol. The number of rotatable bonds is 6. The van der Waals surface area contributed by atoms with E-state index < -0.39 is 10.0 Å². The van der Waals surface area contributed by atoms with Crippen LogP contribution >= 0.6 is 0 Å². The standard InChI is InChI=1S/C12H21N3O2S/c1-4-6-10-9-11(7-8-12(10)13)15(5-2)14-18(3,16)17/h7-9,14H,4-6,13H2,1-3H3. The first-order chi connectivity index (χ1) is 8.37. The van der Waals surface area contributed by atoms with Crippen LogP contribution in [0.2, 0.25) is 0 Å². The van der Waals surface area contributed by atoms with Gasteiger partial charge in [-0.2, -0.15) is 0 Å². The average molecular weight is 271 g/mol. The molecule has 0 saturated heterocycles. The maximum atomic E-state index is 11.3. The van der Waals surface area contributed by atoms with Crippen molar-refractivity contribution in [2.75, 3.05) is 23.5 Å². The van der Waals surface area contributed by atoms with Crippen molar-refractivity contribution < 1.29 is 8.42 Å². The van der Waals surface area contributed by atoms with Crippen molar-refractivity contribution in [3.05, 3.63) is 23.8 Å². The van der Waals surface area contributed by atoms with Crippen LogP contribution in [0, 0.1) is 0 Å². The highest BCUT2D eigenvalue weighted by atomic mass is 32.2. The number of sulfonamides is 1. The summed E-state index contributed by atoms with van der Waals surface area (Å²) in [6.07, 6.45) is 3.02. The van der Waals surface area contributed by atoms with E-state index in [-0.39, 0.29) is 0 Å². The first-order valence-corrected chi connectivity index (χ1v) is 7.90. The third-order valence-electron chi connectivity index (χ3n) is 2.55. The third-order valence-corrected chi connectivity index (χ3v) is 3.10. The second-order valence-electron chi connectivity index (χ2n) is 4.24. The molecule has 0 aliphatic carbocycles. The zero-order chi connectivity index (χ0) is 13.8. The molecule has 0 aliphatic heterocycles. The highest BCUT2D eigenvalue weighted by Gasteiger charge is 2.11. The summed E-state index contributed by atoms with van der Waals surface area (Å²) in [6, 6.07) is 5.56. The molecule has 0 amide bonds. The first kappa shape index (κ1) is 14.8. The normalized spacial score (nSPS) is 11.5. The topological polar surface area (TPSA) is 75.4 Å². The molecule has 1 aromatic rings. The Kier molecular flexibility index (Phi) is 4.98. The van der Waals surface area contributed by atoms with Crippen LogP contribution in [0.5, 0.6) is 0 Å². The average Bonchev–Trinajstić information content (AvgIpc) is 2.28. The molecule has 0 unspecified atom stereocenters. The number of hydrogen-bond acceptors (Lipinski definition) is 4. The fourth-order valence-corrected chi connectivity index (χ4v) is 2.38. The van der Waals surface area contributed by atoms with Gasteiger partial charge in [0.05, 0.1) is 11.9 Å². The van der Waals surface area contributed by atoms with Gasteiger partial charge in [0.25, 0.3) is 0 Å². The van der Waals surface area contributed by atoms with Crippen molar-refractivity contribution in [3.8, 4) is 0 Å². The smallest absolute Gasteiger partial charge is 0.225 e. The molecule has 0 atom stereocenters. The number of hydrazine groups is 1.